The Morgan fingerprint density at radius 3 is 2.64 bits per heavy atom. The molecule has 2 aromatic heterocycles. The molecule has 3 aromatic rings. The summed E-state index contributed by atoms with van der Waals surface area (Å²) in [5.74, 6) is 2.49. The molecule has 2 N–H and O–H groups in total. The van der Waals surface area contributed by atoms with Crippen molar-refractivity contribution in [1.29, 1.82) is 0 Å². The van der Waals surface area contributed by atoms with Crippen LogP contribution in [0, 0.1) is 0 Å². The largest absolute Gasteiger partial charge is 0.348 e. The SMILES string of the molecule is CS1(C)CCC(NC(=O)c2cc3sc(-c4ccccc4)nc3[nH]2)CC1. The van der Waals surface area contributed by atoms with Gasteiger partial charge in [0.25, 0.3) is 5.91 Å². The quantitative estimate of drug-likeness (QED) is 0.721. The van der Waals surface area contributed by atoms with E-state index in [0.717, 1.165) is 33.8 Å². The molecule has 1 amide bonds. The maximum Gasteiger partial charge on any atom is 0.268 e. The molecule has 0 aliphatic carbocycles. The van der Waals surface area contributed by atoms with Crippen LogP contribution >= 0.6 is 21.4 Å². The van der Waals surface area contributed by atoms with Gasteiger partial charge in [-0.05, 0) is 42.9 Å². The average molecular weight is 374 g/mol. The molecule has 6 heteroatoms. The molecular formula is C19H23N3OS2. The summed E-state index contributed by atoms with van der Waals surface area (Å²) in [5, 5.41) is 4.17. The van der Waals surface area contributed by atoms with Gasteiger partial charge < -0.3 is 10.3 Å². The van der Waals surface area contributed by atoms with Gasteiger partial charge in [-0.25, -0.2) is 15.0 Å². The number of carbonyl (C=O) groups is 1. The van der Waals surface area contributed by atoms with E-state index in [1.807, 2.05) is 24.3 Å². The zero-order valence-corrected chi connectivity index (χ0v) is 16.2. The number of aromatic nitrogens is 2. The van der Waals surface area contributed by atoms with Crippen LogP contribution in [-0.4, -0.2) is 45.9 Å². The smallest absolute Gasteiger partial charge is 0.268 e. The summed E-state index contributed by atoms with van der Waals surface area (Å²) in [7, 11) is -0.426. The van der Waals surface area contributed by atoms with Gasteiger partial charge in [-0.1, -0.05) is 30.3 Å². The van der Waals surface area contributed by atoms with Crippen molar-refractivity contribution in [3.8, 4) is 10.6 Å². The van der Waals surface area contributed by atoms with Crippen LogP contribution in [0.4, 0.5) is 0 Å². The first-order valence-electron chi connectivity index (χ1n) is 8.55. The third-order valence-corrected chi connectivity index (χ3v) is 8.55. The van der Waals surface area contributed by atoms with Crippen LogP contribution in [0.25, 0.3) is 20.9 Å². The van der Waals surface area contributed by atoms with E-state index < -0.39 is 10.0 Å². The lowest BCUT2D eigenvalue weighted by atomic mass is 10.1. The molecule has 1 aliphatic rings. The highest BCUT2D eigenvalue weighted by Gasteiger charge is 2.25. The van der Waals surface area contributed by atoms with E-state index in [2.05, 4.69) is 39.9 Å². The molecule has 4 nitrogen and oxygen atoms in total. The average Bonchev–Trinajstić information content (AvgIpc) is 3.16. The summed E-state index contributed by atoms with van der Waals surface area (Å²) in [4.78, 5) is 20.4. The second-order valence-corrected chi connectivity index (χ2v) is 12.6. The second kappa shape index (κ2) is 6.50. The third-order valence-electron chi connectivity index (χ3n) is 4.82. The number of rotatable bonds is 3. The summed E-state index contributed by atoms with van der Waals surface area (Å²) in [6, 6.07) is 12.4. The van der Waals surface area contributed by atoms with Crippen LogP contribution < -0.4 is 5.32 Å². The maximum atomic E-state index is 12.5. The summed E-state index contributed by atoms with van der Waals surface area (Å²) < 4.78 is 1.03. The van der Waals surface area contributed by atoms with E-state index in [0.29, 0.717) is 11.7 Å². The Labute approximate surface area is 153 Å². The fraction of sp³-hybridized carbons (Fsp3) is 0.368. The Balaban J connectivity index is 1.47. The van der Waals surface area contributed by atoms with Crippen molar-refractivity contribution in [3.63, 3.8) is 0 Å². The Hall–Kier alpha value is -1.79. The van der Waals surface area contributed by atoms with E-state index >= 15 is 0 Å². The molecule has 0 saturated carbocycles. The highest BCUT2D eigenvalue weighted by atomic mass is 32.3. The third kappa shape index (κ3) is 3.60. The van der Waals surface area contributed by atoms with E-state index in [-0.39, 0.29) is 5.91 Å². The molecule has 25 heavy (non-hydrogen) atoms. The first kappa shape index (κ1) is 16.7. The van der Waals surface area contributed by atoms with E-state index in [1.54, 1.807) is 11.3 Å². The lowest BCUT2D eigenvalue weighted by Crippen LogP contribution is -2.39. The predicted octanol–water partition coefficient (Wildman–Crippen LogP) is 4.25. The second-order valence-electron chi connectivity index (χ2n) is 7.20. The molecule has 1 aliphatic heterocycles. The Morgan fingerprint density at radius 1 is 1.24 bits per heavy atom. The van der Waals surface area contributed by atoms with Crippen LogP contribution in [0.2, 0.25) is 0 Å². The highest BCUT2D eigenvalue weighted by molar-refractivity contribution is 8.32. The normalized spacial score (nSPS) is 19.0. The molecule has 1 saturated heterocycles. The van der Waals surface area contributed by atoms with Gasteiger partial charge >= 0.3 is 0 Å². The number of hydrogen-bond donors (Lipinski definition) is 2. The number of carbonyl (C=O) groups excluding carboxylic acids is 1. The van der Waals surface area contributed by atoms with Gasteiger partial charge in [0, 0.05) is 11.6 Å². The Kier molecular flexibility index (Phi) is 4.33. The lowest BCUT2D eigenvalue weighted by molar-refractivity contribution is 0.0930. The fourth-order valence-corrected chi connectivity index (χ4v) is 6.24. The molecule has 0 radical (unpaired) electrons. The number of fused-ring (bicyclic) bond motifs is 1. The van der Waals surface area contributed by atoms with Gasteiger partial charge in [-0.3, -0.25) is 4.79 Å². The zero-order chi connectivity index (χ0) is 17.4. The minimum absolute atomic E-state index is 0.00818. The summed E-state index contributed by atoms with van der Waals surface area (Å²) >= 11 is 1.62. The van der Waals surface area contributed by atoms with Crippen LogP contribution in [-0.2, 0) is 0 Å². The molecule has 1 aromatic carbocycles. The number of hydrogen-bond acceptors (Lipinski definition) is 3. The van der Waals surface area contributed by atoms with Crippen molar-refractivity contribution in [2.75, 3.05) is 24.0 Å². The monoisotopic (exact) mass is 373 g/mol. The molecule has 4 rings (SSSR count). The zero-order valence-electron chi connectivity index (χ0n) is 14.5. The number of nitrogens with one attached hydrogen (secondary N) is 2. The van der Waals surface area contributed by atoms with Crippen molar-refractivity contribution in [2.24, 2.45) is 0 Å². The first-order valence-corrected chi connectivity index (χ1v) is 12.2. The molecular weight excluding hydrogens is 350 g/mol. The summed E-state index contributed by atoms with van der Waals surface area (Å²) in [6.07, 6.45) is 6.97. The number of benzene rings is 1. The molecule has 0 unspecified atom stereocenters. The maximum absolute atomic E-state index is 12.5. The standard InChI is InChI=1S/C19H23N3OS2/c1-25(2)10-8-14(9-11-25)20-18(23)15-12-16-17(21-15)22-19(24-16)13-6-4-3-5-7-13/h3-7,12,14,21H,8-11H2,1-2H3,(H,20,23). The number of nitrogens with zero attached hydrogens (tertiary/aromatic N) is 1. The summed E-state index contributed by atoms with van der Waals surface area (Å²) in [6.45, 7) is 0. The van der Waals surface area contributed by atoms with Crippen LogP contribution in [0.5, 0.6) is 0 Å². The van der Waals surface area contributed by atoms with E-state index in [1.165, 1.54) is 11.5 Å². The molecule has 0 bridgehead atoms. The van der Waals surface area contributed by atoms with Crippen LogP contribution in [0.3, 0.4) is 0 Å². The van der Waals surface area contributed by atoms with Crippen LogP contribution in [0.1, 0.15) is 23.3 Å². The molecule has 132 valence electrons. The minimum atomic E-state index is -0.426. The van der Waals surface area contributed by atoms with E-state index in [9.17, 15) is 4.79 Å². The van der Waals surface area contributed by atoms with Crippen molar-refractivity contribution < 1.29 is 4.79 Å². The topological polar surface area (TPSA) is 57.8 Å². The van der Waals surface area contributed by atoms with E-state index in [4.69, 9.17) is 0 Å². The Bertz CT molecular complexity index is 856. The predicted molar refractivity (Wildman–Crippen MR) is 109 cm³/mol. The number of thiazole rings is 1. The van der Waals surface area contributed by atoms with Gasteiger partial charge in [0.2, 0.25) is 0 Å². The minimum Gasteiger partial charge on any atom is -0.348 e. The van der Waals surface area contributed by atoms with Crippen molar-refractivity contribution in [2.45, 2.75) is 18.9 Å². The molecule has 3 heterocycles. The summed E-state index contributed by atoms with van der Waals surface area (Å²) in [5.41, 5.74) is 2.52. The van der Waals surface area contributed by atoms with Crippen molar-refractivity contribution in [3.05, 3.63) is 42.1 Å². The number of amides is 1. The van der Waals surface area contributed by atoms with Gasteiger partial charge in [0.15, 0.2) is 0 Å². The van der Waals surface area contributed by atoms with Crippen LogP contribution in [0.15, 0.2) is 36.4 Å². The fourth-order valence-electron chi connectivity index (χ4n) is 3.22. The first-order chi connectivity index (χ1) is 12.0. The van der Waals surface area contributed by atoms with Gasteiger partial charge in [-0.2, -0.15) is 0 Å². The lowest BCUT2D eigenvalue weighted by Gasteiger charge is -2.39. The van der Waals surface area contributed by atoms with Crippen molar-refractivity contribution in [1.82, 2.24) is 15.3 Å². The van der Waals surface area contributed by atoms with Gasteiger partial charge in [0.05, 0.1) is 4.70 Å². The Morgan fingerprint density at radius 2 is 1.96 bits per heavy atom. The van der Waals surface area contributed by atoms with Crippen molar-refractivity contribution >= 4 is 37.6 Å². The molecule has 0 spiro atoms. The molecule has 0 atom stereocenters. The van der Waals surface area contributed by atoms with Gasteiger partial charge in [0.1, 0.15) is 16.3 Å². The van der Waals surface area contributed by atoms with Gasteiger partial charge in [-0.15, -0.1) is 11.3 Å². The number of H-pyrrole nitrogens is 1. The highest BCUT2D eigenvalue weighted by Crippen LogP contribution is 2.44. The number of aromatic amines is 1. The molecule has 1 fully saturated rings.